The number of hydrogen-bond acceptors (Lipinski definition) is 2. The highest BCUT2D eigenvalue weighted by atomic mass is 31.1. The van der Waals surface area contributed by atoms with Gasteiger partial charge < -0.3 is 4.74 Å². The zero-order chi connectivity index (χ0) is 12.8. The molecule has 0 saturated heterocycles. The third-order valence-electron chi connectivity index (χ3n) is 2.58. The van der Waals surface area contributed by atoms with Crippen LogP contribution in [0.2, 0.25) is 0 Å². The minimum Gasteiger partial charge on any atom is -0.496 e. The van der Waals surface area contributed by atoms with Gasteiger partial charge in [0.1, 0.15) is 5.75 Å². The first-order valence-electron chi connectivity index (χ1n) is 5.58. The van der Waals surface area contributed by atoms with Crippen LogP contribution in [0.25, 0.3) is 11.4 Å². The van der Waals surface area contributed by atoms with Crippen LogP contribution in [-0.4, -0.2) is 7.11 Å². The Morgan fingerprint density at radius 3 is 2.39 bits per heavy atom. The lowest BCUT2D eigenvalue weighted by Crippen LogP contribution is -1.88. The fourth-order valence-electron chi connectivity index (χ4n) is 1.72. The van der Waals surface area contributed by atoms with Crippen molar-refractivity contribution in [2.45, 2.75) is 0 Å². The molecule has 0 radical (unpaired) electrons. The van der Waals surface area contributed by atoms with Crippen LogP contribution in [0.4, 0.5) is 0 Å². The molecule has 0 bridgehead atoms. The van der Waals surface area contributed by atoms with Crippen LogP contribution in [0, 0.1) is 0 Å². The Bertz CT molecular complexity index is 562. The second-order valence-electron chi connectivity index (χ2n) is 3.73. The van der Waals surface area contributed by atoms with Crippen LogP contribution in [-0.2, 0) is 4.57 Å². The lowest BCUT2D eigenvalue weighted by atomic mass is 10.1. The Hall–Kier alpha value is -1.92. The zero-order valence-electron chi connectivity index (χ0n) is 10.0. The maximum atomic E-state index is 11.4. The SMILES string of the molecule is COc1ccccc1/C(=C/c1ccccc1)P=O. The first-order chi connectivity index (χ1) is 8.85. The summed E-state index contributed by atoms with van der Waals surface area (Å²) in [4.78, 5) is 0. The molecule has 0 aliphatic heterocycles. The largest absolute Gasteiger partial charge is 0.496 e. The summed E-state index contributed by atoms with van der Waals surface area (Å²) in [7, 11) is 1.59. The maximum absolute atomic E-state index is 11.4. The summed E-state index contributed by atoms with van der Waals surface area (Å²) in [6.07, 6.45) is 1.90. The van der Waals surface area contributed by atoms with E-state index in [2.05, 4.69) is 0 Å². The van der Waals surface area contributed by atoms with E-state index in [1.807, 2.05) is 60.7 Å². The number of methoxy groups -OCH3 is 1. The quantitative estimate of drug-likeness (QED) is 0.595. The van der Waals surface area contributed by atoms with Gasteiger partial charge in [0.05, 0.1) is 12.4 Å². The average molecular weight is 256 g/mol. The highest BCUT2D eigenvalue weighted by Gasteiger charge is 2.07. The van der Waals surface area contributed by atoms with Crippen LogP contribution in [0.3, 0.4) is 0 Å². The Morgan fingerprint density at radius 2 is 1.72 bits per heavy atom. The molecule has 0 fully saturated rings. The van der Waals surface area contributed by atoms with Crippen molar-refractivity contribution in [3.8, 4) is 5.75 Å². The summed E-state index contributed by atoms with van der Waals surface area (Å²) < 4.78 is 16.6. The first-order valence-corrected chi connectivity index (χ1v) is 6.40. The van der Waals surface area contributed by atoms with E-state index in [0.717, 1.165) is 16.9 Å². The van der Waals surface area contributed by atoms with Gasteiger partial charge in [-0.05, 0) is 17.7 Å². The summed E-state index contributed by atoms with van der Waals surface area (Å²) in [6, 6.07) is 17.4. The maximum Gasteiger partial charge on any atom is 0.193 e. The van der Waals surface area contributed by atoms with Gasteiger partial charge in [0.2, 0.25) is 0 Å². The van der Waals surface area contributed by atoms with Crippen LogP contribution in [0.5, 0.6) is 5.75 Å². The Balaban J connectivity index is 2.46. The van der Waals surface area contributed by atoms with E-state index in [9.17, 15) is 4.57 Å². The Kier molecular flexibility index (Phi) is 4.27. The molecule has 0 heterocycles. The molecule has 0 atom stereocenters. The molecule has 0 aliphatic rings. The zero-order valence-corrected chi connectivity index (χ0v) is 10.9. The van der Waals surface area contributed by atoms with Gasteiger partial charge in [-0.3, -0.25) is 4.57 Å². The molecular weight excluding hydrogens is 243 g/mol. The fourth-order valence-corrected chi connectivity index (χ4v) is 2.20. The van der Waals surface area contributed by atoms with Crippen LogP contribution < -0.4 is 4.74 Å². The van der Waals surface area contributed by atoms with Crippen molar-refractivity contribution in [3.63, 3.8) is 0 Å². The number of para-hydroxylation sites is 1. The van der Waals surface area contributed by atoms with Crippen molar-refractivity contribution in [2.75, 3.05) is 7.11 Å². The fraction of sp³-hybridized carbons (Fsp3) is 0.0667. The third-order valence-corrected chi connectivity index (χ3v) is 3.15. The average Bonchev–Trinajstić information content (AvgIpc) is 2.46. The smallest absolute Gasteiger partial charge is 0.193 e. The lowest BCUT2D eigenvalue weighted by molar-refractivity contribution is 0.413. The van der Waals surface area contributed by atoms with Gasteiger partial charge >= 0.3 is 0 Å². The van der Waals surface area contributed by atoms with E-state index in [1.165, 1.54) is 0 Å². The molecule has 2 aromatic rings. The standard InChI is InChI=1S/C15H13O2P/c1-17-14-10-6-5-9-13(14)15(18-16)11-12-7-3-2-4-8-12/h2-11H,1H3/b15-11-. The van der Waals surface area contributed by atoms with Crippen molar-refractivity contribution in [2.24, 2.45) is 0 Å². The molecule has 0 N–H and O–H groups in total. The van der Waals surface area contributed by atoms with E-state index in [1.54, 1.807) is 7.11 Å². The molecule has 3 heteroatoms. The highest BCUT2D eigenvalue weighted by molar-refractivity contribution is 7.38. The molecule has 2 aromatic carbocycles. The number of rotatable bonds is 4. The summed E-state index contributed by atoms with van der Waals surface area (Å²) >= 11 is 0. The van der Waals surface area contributed by atoms with E-state index < -0.39 is 0 Å². The van der Waals surface area contributed by atoms with Crippen molar-refractivity contribution in [1.29, 1.82) is 0 Å². The second kappa shape index (κ2) is 6.13. The van der Waals surface area contributed by atoms with Crippen LogP contribution in [0.1, 0.15) is 11.1 Å². The number of hydrogen-bond donors (Lipinski definition) is 0. The molecule has 2 nitrogen and oxygen atoms in total. The predicted molar refractivity (Wildman–Crippen MR) is 74.9 cm³/mol. The Morgan fingerprint density at radius 1 is 1.06 bits per heavy atom. The van der Waals surface area contributed by atoms with Crippen LogP contribution >= 0.6 is 8.46 Å². The first kappa shape index (κ1) is 12.5. The van der Waals surface area contributed by atoms with E-state index in [4.69, 9.17) is 4.74 Å². The molecule has 0 spiro atoms. The number of ether oxygens (including phenoxy) is 1. The summed E-state index contributed by atoms with van der Waals surface area (Å²) in [5.41, 5.74) is 1.86. The van der Waals surface area contributed by atoms with Gasteiger partial charge in [0, 0.05) is 5.56 Å². The predicted octanol–water partition coefficient (Wildman–Crippen LogP) is 4.49. The highest BCUT2D eigenvalue weighted by Crippen LogP contribution is 2.34. The minimum absolute atomic E-state index is 0.0196. The molecule has 0 unspecified atom stereocenters. The van der Waals surface area contributed by atoms with Crippen molar-refractivity contribution < 1.29 is 9.30 Å². The lowest BCUT2D eigenvalue weighted by Gasteiger charge is -2.06. The van der Waals surface area contributed by atoms with Gasteiger partial charge in [0.15, 0.2) is 8.46 Å². The third kappa shape index (κ3) is 2.85. The summed E-state index contributed by atoms with van der Waals surface area (Å²) in [6.45, 7) is 0. The van der Waals surface area contributed by atoms with Gasteiger partial charge in [-0.2, -0.15) is 0 Å². The molecular formula is C15H13O2P. The van der Waals surface area contributed by atoms with Crippen LogP contribution in [0.15, 0.2) is 54.6 Å². The Labute approximate surface area is 108 Å². The van der Waals surface area contributed by atoms with Gasteiger partial charge in [-0.25, -0.2) is 0 Å². The molecule has 18 heavy (non-hydrogen) atoms. The van der Waals surface area contributed by atoms with Crippen molar-refractivity contribution >= 4 is 19.9 Å². The van der Waals surface area contributed by atoms with E-state index >= 15 is 0 Å². The number of benzene rings is 2. The molecule has 2 rings (SSSR count). The van der Waals surface area contributed by atoms with Gasteiger partial charge in [-0.15, -0.1) is 0 Å². The van der Waals surface area contributed by atoms with Gasteiger partial charge in [0.25, 0.3) is 0 Å². The molecule has 90 valence electrons. The van der Waals surface area contributed by atoms with E-state index in [-0.39, 0.29) is 8.46 Å². The normalized spacial score (nSPS) is 11.5. The van der Waals surface area contributed by atoms with E-state index in [0.29, 0.717) is 5.31 Å². The van der Waals surface area contributed by atoms with Gasteiger partial charge in [-0.1, -0.05) is 48.5 Å². The second-order valence-corrected chi connectivity index (χ2v) is 4.40. The summed E-state index contributed by atoms with van der Waals surface area (Å²) in [5.74, 6) is 0.725. The van der Waals surface area contributed by atoms with Crippen molar-refractivity contribution in [1.82, 2.24) is 0 Å². The molecule has 0 saturated carbocycles. The molecule has 0 aromatic heterocycles. The molecule has 0 amide bonds. The summed E-state index contributed by atoms with van der Waals surface area (Å²) in [5, 5.41) is 0.707. The monoisotopic (exact) mass is 256 g/mol. The van der Waals surface area contributed by atoms with Crippen molar-refractivity contribution in [3.05, 3.63) is 65.7 Å². The minimum atomic E-state index is -0.0196. The topological polar surface area (TPSA) is 26.3 Å². The molecule has 0 aliphatic carbocycles.